The van der Waals surface area contributed by atoms with E-state index in [2.05, 4.69) is 15.5 Å². The van der Waals surface area contributed by atoms with Crippen LogP contribution in [0.1, 0.15) is 16.1 Å². The highest BCUT2D eigenvalue weighted by Gasteiger charge is 2.21. The van der Waals surface area contributed by atoms with E-state index < -0.39 is 17.9 Å². The fraction of sp³-hybridized carbons (Fsp3) is 0.143. The summed E-state index contributed by atoms with van der Waals surface area (Å²) in [5.74, 6) is -1.73. The van der Waals surface area contributed by atoms with Crippen molar-refractivity contribution in [3.8, 4) is 0 Å². The Labute approximate surface area is 125 Å². The molecular formula is C14H12ClN3O3. The first-order valence-corrected chi connectivity index (χ1v) is 6.51. The second kappa shape index (κ2) is 6.81. The minimum atomic E-state index is -1.12. The fourth-order valence-corrected chi connectivity index (χ4v) is 1.82. The summed E-state index contributed by atoms with van der Waals surface area (Å²) in [6.07, 6.45) is 0.183. The van der Waals surface area contributed by atoms with Gasteiger partial charge >= 0.3 is 5.97 Å². The van der Waals surface area contributed by atoms with E-state index in [0.717, 1.165) is 5.56 Å². The molecule has 0 aliphatic carbocycles. The average molecular weight is 306 g/mol. The normalized spacial score (nSPS) is 11.7. The van der Waals surface area contributed by atoms with E-state index in [0.29, 0.717) is 0 Å². The number of benzene rings is 1. The molecule has 0 spiro atoms. The van der Waals surface area contributed by atoms with Crippen LogP contribution in [0.5, 0.6) is 0 Å². The summed E-state index contributed by atoms with van der Waals surface area (Å²) in [6, 6.07) is 10.8. The van der Waals surface area contributed by atoms with Crippen LogP contribution in [0, 0.1) is 0 Å². The van der Waals surface area contributed by atoms with Gasteiger partial charge in [-0.05, 0) is 17.7 Å². The van der Waals surface area contributed by atoms with Crippen molar-refractivity contribution in [3.05, 3.63) is 58.9 Å². The molecule has 0 saturated carbocycles. The number of aromatic nitrogens is 2. The maximum atomic E-state index is 11.9. The highest BCUT2D eigenvalue weighted by molar-refractivity contribution is 6.29. The quantitative estimate of drug-likeness (QED) is 0.874. The molecule has 0 saturated heterocycles. The maximum Gasteiger partial charge on any atom is 0.326 e. The lowest BCUT2D eigenvalue weighted by Crippen LogP contribution is -2.42. The van der Waals surface area contributed by atoms with Gasteiger partial charge in [0.05, 0.1) is 0 Å². The monoisotopic (exact) mass is 305 g/mol. The van der Waals surface area contributed by atoms with Crippen LogP contribution in [0.3, 0.4) is 0 Å². The Hall–Kier alpha value is -2.47. The highest BCUT2D eigenvalue weighted by atomic mass is 35.5. The number of nitrogens with one attached hydrogen (secondary N) is 1. The number of aliphatic carboxylic acids is 1. The van der Waals surface area contributed by atoms with Gasteiger partial charge in [0, 0.05) is 6.42 Å². The van der Waals surface area contributed by atoms with Gasteiger partial charge < -0.3 is 10.4 Å². The molecule has 0 bridgehead atoms. The van der Waals surface area contributed by atoms with E-state index in [1.165, 1.54) is 12.1 Å². The Morgan fingerprint density at radius 1 is 1.14 bits per heavy atom. The Balaban J connectivity index is 2.07. The molecule has 6 nitrogen and oxygen atoms in total. The molecule has 0 aliphatic rings. The molecule has 1 aromatic carbocycles. The molecule has 2 N–H and O–H groups in total. The molecule has 0 radical (unpaired) electrons. The molecule has 0 aliphatic heterocycles. The van der Waals surface area contributed by atoms with Gasteiger partial charge in [0.1, 0.15) is 6.04 Å². The zero-order chi connectivity index (χ0) is 15.2. The Bertz CT molecular complexity index is 632. The van der Waals surface area contributed by atoms with Crippen LogP contribution >= 0.6 is 11.6 Å². The van der Waals surface area contributed by atoms with E-state index in [9.17, 15) is 14.7 Å². The first kappa shape index (κ1) is 14.9. The van der Waals surface area contributed by atoms with E-state index in [1.54, 1.807) is 24.3 Å². The molecule has 2 rings (SSSR count). The number of carboxylic acid groups (broad SMARTS) is 1. The lowest BCUT2D eigenvalue weighted by atomic mass is 10.1. The number of carbonyl (C=O) groups excluding carboxylic acids is 1. The fourth-order valence-electron chi connectivity index (χ4n) is 1.72. The topological polar surface area (TPSA) is 92.2 Å². The molecular weight excluding hydrogens is 294 g/mol. The third-order valence-electron chi connectivity index (χ3n) is 2.75. The van der Waals surface area contributed by atoms with Crippen LogP contribution in [0.25, 0.3) is 0 Å². The van der Waals surface area contributed by atoms with Crippen molar-refractivity contribution in [3.63, 3.8) is 0 Å². The lowest BCUT2D eigenvalue weighted by Gasteiger charge is -2.14. The largest absolute Gasteiger partial charge is 0.480 e. The number of hydrogen-bond donors (Lipinski definition) is 2. The van der Waals surface area contributed by atoms with Crippen molar-refractivity contribution < 1.29 is 14.7 Å². The smallest absolute Gasteiger partial charge is 0.326 e. The molecule has 2 aromatic rings. The number of carbonyl (C=O) groups is 2. The third kappa shape index (κ3) is 4.25. The summed E-state index contributed by atoms with van der Waals surface area (Å²) in [7, 11) is 0. The lowest BCUT2D eigenvalue weighted by molar-refractivity contribution is -0.139. The van der Waals surface area contributed by atoms with Gasteiger partial charge in [-0.15, -0.1) is 10.2 Å². The van der Waals surface area contributed by atoms with E-state index in [4.69, 9.17) is 11.6 Å². The molecule has 1 amide bonds. The van der Waals surface area contributed by atoms with Crippen molar-refractivity contribution in [2.24, 2.45) is 0 Å². The molecule has 21 heavy (non-hydrogen) atoms. The zero-order valence-corrected chi connectivity index (χ0v) is 11.6. The third-order valence-corrected chi connectivity index (χ3v) is 2.95. The first-order chi connectivity index (χ1) is 10.1. The summed E-state index contributed by atoms with van der Waals surface area (Å²) in [5.41, 5.74) is 0.825. The van der Waals surface area contributed by atoms with Gasteiger partial charge in [-0.2, -0.15) is 0 Å². The van der Waals surface area contributed by atoms with Crippen molar-refractivity contribution in [2.45, 2.75) is 12.5 Å². The molecule has 1 heterocycles. The molecule has 0 unspecified atom stereocenters. The molecule has 0 fully saturated rings. The minimum Gasteiger partial charge on any atom is -0.480 e. The molecule has 7 heteroatoms. The Morgan fingerprint density at radius 2 is 1.86 bits per heavy atom. The van der Waals surface area contributed by atoms with Crippen molar-refractivity contribution in [1.82, 2.24) is 15.5 Å². The summed E-state index contributed by atoms with van der Waals surface area (Å²) >= 11 is 5.58. The second-order valence-electron chi connectivity index (χ2n) is 4.30. The van der Waals surface area contributed by atoms with Crippen molar-refractivity contribution in [2.75, 3.05) is 0 Å². The summed E-state index contributed by atoms with van der Waals surface area (Å²) in [6.45, 7) is 0. The average Bonchev–Trinajstić information content (AvgIpc) is 2.48. The standard InChI is InChI=1S/C14H12ClN3O3/c15-12-7-6-10(17-18-12)13(19)16-11(14(20)21)8-9-4-2-1-3-5-9/h1-7,11H,8H2,(H,16,19)(H,20,21)/t11-/m0/s1. The van der Waals surface area contributed by atoms with Crippen LogP contribution in [0.2, 0.25) is 5.15 Å². The van der Waals surface area contributed by atoms with Gasteiger partial charge in [-0.3, -0.25) is 4.79 Å². The van der Waals surface area contributed by atoms with E-state index in [-0.39, 0.29) is 17.3 Å². The van der Waals surface area contributed by atoms with Gasteiger partial charge in [-0.1, -0.05) is 41.9 Å². The summed E-state index contributed by atoms with van der Waals surface area (Å²) in [4.78, 5) is 23.2. The number of halogens is 1. The highest BCUT2D eigenvalue weighted by Crippen LogP contribution is 2.06. The Morgan fingerprint density at radius 3 is 2.43 bits per heavy atom. The van der Waals surface area contributed by atoms with Gasteiger partial charge in [0.15, 0.2) is 10.8 Å². The zero-order valence-electron chi connectivity index (χ0n) is 10.9. The molecule has 1 atom stereocenters. The number of amides is 1. The van der Waals surface area contributed by atoms with E-state index in [1.807, 2.05) is 6.07 Å². The van der Waals surface area contributed by atoms with Crippen LogP contribution < -0.4 is 5.32 Å². The predicted molar refractivity (Wildman–Crippen MR) is 76.1 cm³/mol. The number of hydrogen-bond acceptors (Lipinski definition) is 4. The van der Waals surface area contributed by atoms with Crippen LogP contribution in [0.15, 0.2) is 42.5 Å². The molecule has 1 aromatic heterocycles. The van der Waals surface area contributed by atoms with E-state index >= 15 is 0 Å². The van der Waals surface area contributed by atoms with Crippen LogP contribution in [-0.4, -0.2) is 33.2 Å². The number of carboxylic acids is 1. The van der Waals surface area contributed by atoms with Gasteiger partial charge in [0.2, 0.25) is 0 Å². The van der Waals surface area contributed by atoms with Gasteiger partial charge in [0.25, 0.3) is 5.91 Å². The van der Waals surface area contributed by atoms with Crippen molar-refractivity contribution >= 4 is 23.5 Å². The number of rotatable bonds is 5. The first-order valence-electron chi connectivity index (χ1n) is 6.13. The van der Waals surface area contributed by atoms with Crippen LogP contribution in [0.4, 0.5) is 0 Å². The maximum absolute atomic E-state index is 11.9. The summed E-state index contributed by atoms with van der Waals surface area (Å²) in [5, 5.41) is 18.9. The summed E-state index contributed by atoms with van der Waals surface area (Å²) < 4.78 is 0. The predicted octanol–water partition coefficient (Wildman–Crippen LogP) is 1.56. The molecule has 108 valence electrons. The second-order valence-corrected chi connectivity index (χ2v) is 4.68. The number of nitrogens with zero attached hydrogens (tertiary/aromatic N) is 2. The van der Waals surface area contributed by atoms with Gasteiger partial charge in [-0.25, -0.2) is 4.79 Å². The van der Waals surface area contributed by atoms with Crippen molar-refractivity contribution in [1.29, 1.82) is 0 Å². The Kier molecular flexibility index (Phi) is 4.84. The minimum absolute atomic E-state index is 0.0127. The SMILES string of the molecule is O=C(N[C@@H](Cc1ccccc1)C(=O)O)c1ccc(Cl)nn1. The van der Waals surface area contributed by atoms with Crippen LogP contribution in [-0.2, 0) is 11.2 Å².